The normalized spacial score (nSPS) is 18.8. The van der Waals surface area contributed by atoms with Crippen LogP contribution in [0.4, 0.5) is 8.78 Å². The smallest absolute Gasteiger partial charge is 0.335 e. The zero-order valence-corrected chi connectivity index (χ0v) is 17.6. The van der Waals surface area contributed by atoms with Gasteiger partial charge in [0.05, 0.1) is 18.4 Å². The van der Waals surface area contributed by atoms with Gasteiger partial charge in [-0.3, -0.25) is 4.90 Å². The second-order valence-electron chi connectivity index (χ2n) is 7.93. The SMILES string of the molecule is CN1CC(F)(F)CC1COc1nc(Cl)c2ncc(Cc3cccc4ccccc34)n2n1. The second-order valence-corrected chi connectivity index (χ2v) is 8.28. The highest BCUT2D eigenvalue weighted by Crippen LogP contribution is 2.31. The van der Waals surface area contributed by atoms with Crippen LogP contribution in [-0.4, -0.2) is 56.6 Å². The molecule has 9 heteroatoms. The summed E-state index contributed by atoms with van der Waals surface area (Å²) in [5, 5.41) is 6.89. The first-order valence-electron chi connectivity index (χ1n) is 9.97. The molecule has 0 amide bonds. The lowest BCUT2D eigenvalue weighted by atomic mass is 10.0. The molecule has 5 rings (SSSR count). The standard InChI is InChI=1S/C22H20ClF2N5O/c1-29-13-22(24,25)10-17(29)12-31-21-27-19(23)20-26-11-16(30(20)28-21)9-15-7-4-6-14-5-2-3-8-18(14)15/h2-8,11,17H,9-10,12-13H2,1H3. The van der Waals surface area contributed by atoms with Crippen LogP contribution in [0, 0.1) is 0 Å². The molecule has 1 unspecified atom stereocenters. The molecule has 3 heterocycles. The van der Waals surface area contributed by atoms with Gasteiger partial charge in [0.15, 0.2) is 10.8 Å². The van der Waals surface area contributed by atoms with E-state index < -0.39 is 12.0 Å². The van der Waals surface area contributed by atoms with Crippen molar-refractivity contribution >= 4 is 28.0 Å². The van der Waals surface area contributed by atoms with Crippen molar-refractivity contribution < 1.29 is 13.5 Å². The Kier molecular flexibility index (Phi) is 4.98. The number of rotatable bonds is 5. The monoisotopic (exact) mass is 443 g/mol. The fourth-order valence-corrected chi connectivity index (χ4v) is 4.32. The summed E-state index contributed by atoms with van der Waals surface area (Å²) in [5.74, 6) is -2.71. The molecule has 0 spiro atoms. The van der Waals surface area contributed by atoms with E-state index >= 15 is 0 Å². The van der Waals surface area contributed by atoms with E-state index in [1.165, 1.54) is 0 Å². The van der Waals surface area contributed by atoms with Gasteiger partial charge in [0.25, 0.3) is 5.92 Å². The van der Waals surface area contributed by atoms with Crippen molar-refractivity contribution in [1.29, 1.82) is 0 Å². The number of halogens is 3. The minimum absolute atomic E-state index is 0.0401. The summed E-state index contributed by atoms with van der Waals surface area (Å²) < 4.78 is 34.5. The highest BCUT2D eigenvalue weighted by Gasteiger charge is 2.43. The number of nitrogens with zero attached hydrogens (tertiary/aromatic N) is 5. The largest absolute Gasteiger partial charge is 0.461 e. The van der Waals surface area contributed by atoms with Gasteiger partial charge in [-0.2, -0.15) is 4.98 Å². The van der Waals surface area contributed by atoms with Crippen LogP contribution in [0.15, 0.2) is 48.7 Å². The molecule has 2 aromatic carbocycles. The van der Waals surface area contributed by atoms with E-state index in [-0.39, 0.29) is 30.7 Å². The van der Waals surface area contributed by atoms with Crippen molar-refractivity contribution in [2.45, 2.75) is 24.8 Å². The van der Waals surface area contributed by atoms with Crippen LogP contribution in [0.5, 0.6) is 6.01 Å². The van der Waals surface area contributed by atoms with Gasteiger partial charge >= 0.3 is 6.01 Å². The van der Waals surface area contributed by atoms with Crippen LogP contribution < -0.4 is 4.74 Å². The van der Waals surface area contributed by atoms with Gasteiger partial charge in [0.2, 0.25) is 0 Å². The lowest BCUT2D eigenvalue weighted by Crippen LogP contribution is -2.31. The third-order valence-electron chi connectivity index (χ3n) is 5.67. The number of likely N-dealkylation sites (N-methyl/N-ethyl adjacent to an activating group) is 1. The van der Waals surface area contributed by atoms with E-state index in [9.17, 15) is 8.78 Å². The molecule has 0 bridgehead atoms. The zero-order valence-electron chi connectivity index (χ0n) is 16.8. The summed E-state index contributed by atoms with van der Waals surface area (Å²) in [4.78, 5) is 10.1. The predicted molar refractivity (Wildman–Crippen MR) is 114 cm³/mol. The van der Waals surface area contributed by atoms with E-state index in [1.54, 1.807) is 22.7 Å². The van der Waals surface area contributed by atoms with E-state index in [1.807, 2.05) is 18.2 Å². The fourth-order valence-electron chi connectivity index (χ4n) is 4.11. The maximum Gasteiger partial charge on any atom is 0.335 e. The average molecular weight is 444 g/mol. The second kappa shape index (κ2) is 7.69. The highest BCUT2D eigenvalue weighted by atomic mass is 35.5. The number of benzene rings is 2. The van der Waals surface area contributed by atoms with Crippen molar-refractivity contribution in [3.8, 4) is 6.01 Å². The van der Waals surface area contributed by atoms with E-state index in [0.29, 0.717) is 12.1 Å². The van der Waals surface area contributed by atoms with Crippen LogP contribution in [-0.2, 0) is 6.42 Å². The molecule has 1 aliphatic heterocycles. The van der Waals surface area contributed by atoms with Crippen LogP contribution in [0.25, 0.3) is 16.4 Å². The molecule has 1 aliphatic rings. The zero-order chi connectivity index (χ0) is 21.6. The Balaban J connectivity index is 1.42. The molecule has 31 heavy (non-hydrogen) atoms. The summed E-state index contributed by atoms with van der Waals surface area (Å²) in [6, 6.07) is 14.0. The summed E-state index contributed by atoms with van der Waals surface area (Å²) in [6.07, 6.45) is 2.05. The Labute approximate surface area is 182 Å². The minimum Gasteiger partial charge on any atom is -0.461 e. The topological polar surface area (TPSA) is 55.5 Å². The molecule has 6 nitrogen and oxygen atoms in total. The first-order valence-corrected chi connectivity index (χ1v) is 10.3. The number of alkyl halides is 2. The molecule has 0 N–H and O–H groups in total. The minimum atomic E-state index is -2.71. The lowest BCUT2D eigenvalue weighted by molar-refractivity contribution is 0.0136. The van der Waals surface area contributed by atoms with Gasteiger partial charge in [-0.15, -0.1) is 5.10 Å². The Bertz CT molecular complexity index is 1260. The molecule has 2 aromatic heterocycles. The van der Waals surface area contributed by atoms with Gasteiger partial charge in [-0.1, -0.05) is 54.1 Å². The molecule has 1 saturated heterocycles. The number of imidazole rings is 1. The summed E-state index contributed by atoms with van der Waals surface area (Å²) in [6.45, 7) is -0.223. The van der Waals surface area contributed by atoms with E-state index in [0.717, 1.165) is 22.0 Å². The summed E-state index contributed by atoms with van der Waals surface area (Å²) in [7, 11) is 1.66. The number of ether oxygens (including phenoxy) is 1. The maximum absolute atomic E-state index is 13.6. The molecule has 4 aromatic rings. The van der Waals surface area contributed by atoms with Gasteiger partial charge in [0, 0.05) is 18.9 Å². The maximum atomic E-state index is 13.6. The molecule has 1 atom stereocenters. The predicted octanol–water partition coefficient (Wildman–Crippen LogP) is 4.24. The number of hydrogen-bond acceptors (Lipinski definition) is 5. The third kappa shape index (κ3) is 3.93. The van der Waals surface area contributed by atoms with Gasteiger partial charge < -0.3 is 4.74 Å². The third-order valence-corrected chi connectivity index (χ3v) is 5.92. The van der Waals surface area contributed by atoms with Crippen LogP contribution >= 0.6 is 11.6 Å². The van der Waals surface area contributed by atoms with Crippen molar-refractivity contribution in [3.05, 3.63) is 65.1 Å². The number of aromatic nitrogens is 4. The van der Waals surface area contributed by atoms with E-state index in [4.69, 9.17) is 16.3 Å². The number of fused-ring (bicyclic) bond motifs is 2. The molecular weight excluding hydrogens is 424 g/mol. The van der Waals surface area contributed by atoms with Crippen molar-refractivity contribution in [1.82, 2.24) is 24.5 Å². The molecule has 1 fully saturated rings. The summed E-state index contributed by atoms with van der Waals surface area (Å²) >= 11 is 6.30. The van der Waals surface area contributed by atoms with Crippen molar-refractivity contribution in [2.24, 2.45) is 0 Å². The quantitative estimate of drug-likeness (QED) is 0.462. The fraction of sp³-hybridized carbons (Fsp3) is 0.318. The van der Waals surface area contributed by atoms with Crippen molar-refractivity contribution in [3.63, 3.8) is 0 Å². The Morgan fingerprint density at radius 1 is 1.19 bits per heavy atom. The van der Waals surface area contributed by atoms with Crippen LogP contribution in [0.1, 0.15) is 17.7 Å². The number of hydrogen-bond donors (Lipinski definition) is 0. The molecule has 0 radical (unpaired) electrons. The molecule has 0 aliphatic carbocycles. The lowest BCUT2D eigenvalue weighted by Gasteiger charge is -2.17. The van der Waals surface area contributed by atoms with Crippen molar-refractivity contribution in [2.75, 3.05) is 20.2 Å². The summed E-state index contributed by atoms with van der Waals surface area (Å²) in [5.41, 5.74) is 2.38. The highest BCUT2D eigenvalue weighted by molar-refractivity contribution is 6.32. The molecule has 160 valence electrons. The number of likely N-dealkylation sites (tertiary alicyclic amines) is 1. The Morgan fingerprint density at radius 2 is 2.00 bits per heavy atom. The van der Waals surface area contributed by atoms with Gasteiger partial charge in [-0.25, -0.2) is 18.3 Å². The van der Waals surface area contributed by atoms with E-state index in [2.05, 4.69) is 39.3 Å². The molecule has 0 saturated carbocycles. The first kappa shape index (κ1) is 20.1. The Hall–Kier alpha value is -2.84. The van der Waals surface area contributed by atoms with Gasteiger partial charge in [-0.05, 0) is 23.4 Å². The van der Waals surface area contributed by atoms with Crippen LogP contribution in [0.3, 0.4) is 0 Å². The average Bonchev–Trinajstić information content (AvgIpc) is 3.26. The van der Waals surface area contributed by atoms with Gasteiger partial charge in [0.1, 0.15) is 6.61 Å². The molecular formula is C22H20ClF2N5O. The Morgan fingerprint density at radius 3 is 2.81 bits per heavy atom. The first-order chi connectivity index (χ1) is 14.9. The van der Waals surface area contributed by atoms with Crippen LogP contribution in [0.2, 0.25) is 5.15 Å².